The number of halogens is 1. The zero-order chi connectivity index (χ0) is 9.97. The SMILES string of the molecule is COc1ccc(N2CCCC2)cc1Br. The molecule has 1 aromatic rings. The van der Waals surface area contributed by atoms with Gasteiger partial charge in [-0.05, 0) is 47.0 Å². The molecular formula is C11H14BrNO. The van der Waals surface area contributed by atoms with E-state index in [1.807, 2.05) is 6.07 Å². The van der Waals surface area contributed by atoms with Crippen LogP contribution in [0, 0.1) is 0 Å². The lowest BCUT2D eigenvalue weighted by Crippen LogP contribution is -2.17. The fourth-order valence-corrected chi connectivity index (χ4v) is 2.36. The minimum Gasteiger partial charge on any atom is -0.496 e. The van der Waals surface area contributed by atoms with Crippen molar-refractivity contribution in [2.75, 3.05) is 25.1 Å². The summed E-state index contributed by atoms with van der Waals surface area (Å²) in [5.74, 6) is 0.896. The monoisotopic (exact) mass is 255 g/mol. The van der Waals surface area contributed by atoms with Gasteiger partial charge in [-0.2, -0.15) is 0 Å². The summed E-state index contributed by atoms with van der Waals surface area (Å²) in [7, 11) is 1.69. The Hall–Kier alpha value is -0.700. The predicted octanol–water partition coefficient (Wildman–Crippen LogP) is 3.06. The summed E-state index contributed by atoms with van der Waals surface area (Å²) in [5.41, 5.74) is 1.29. The molecule has 2 nitrogen and oxygen atoms in total. The van der Waals surface area contributed by atoms with E-state index in [4.69, 9.17) is 4.74 Å². The van der Waals surface area contributed by atoms with Crippen LogP contribution in [0.4, 0.5) is 5.69 Å². The number of ether oxygens (including phenoxy) is 1. The Bertz CT molecular complexity index is 321. The normalized spacial score (nSPS) is 16.0. The molecule has 0 amide bonds. The molecule has 0 saturated carbocycles. The van der Waals surface area contributed by atoms with Crippen LogP contribution in [0.3, 0.4) is 0 Å². The van der Waals surface area contributed by atoms with E-state index in [1.165, 1.54) is 31.6 Å². The maximum atomic E-state index is 5.20. The largest absolute Gasteiger partial charge is 0.496 e. The van der Waals surface area contributed by atoms with Crippen LogP contribution in [0.25, 0.3) is 0 Å². The fourth-order valence-electron chi connectivity index (χ4n) is 1.83. The summed E-state index contributed by atoms with van der Waals surface area (Å²) < 4.78 is 6.23. The third-order valence-corrected chi connectivity index (χ3v) is 3.23. The van der Waals surface area contributed by atoms with Crippen LogP contribution >= 0.6 is 15.9 Å². The van der Waals surface area contributed by atoms with Gasteiger partial charge in [0.2, 0.25) is 0 Å². The summed E-state index contributed by atoms with van der Waals surface area (Å²) in [5, 5.41) is 0. The molecular weight excluding hydrogens is 242 g/mol. The first-order valence-electron chi connectivity index (χ1n) is 4.90. The van der Waals surface area contributed by atoms with E-state index in [0.29, 0.717) is 0 Å². The van der Waals surface area contributed by atoms with Gasteiger partial charge in [-0.15, -0.1) is 0 Å². The van der Waals surface area contributed by atoms with Crippen molar-refractivity contribution in [2.24, 2.45) is 0 Å². The quantitative estimate of drug-likeness (QED) is 0.806. The molecule has 0 radical (unpaired) electrons. The van der Waals surface area contributed by atoms with Crippen LogP contribution in [0.15, 0.2) is 22.7 Å². The van der Waals surface area contributed by atoms with E-state index >= 15 is 0 Å². The average molecular weight is 256 g/mol. The third-order valence-electron chi connectivity index (χ3n) is 2.61. The molecule has 0 aromatic heterocycles. The van der Waals surface area contributed by atoms with Gasteiger partial charge in [0.05, 0.1) is 11.6 Å². The highest BCUT2D eigenvalue weighted by Gasteiger charge is 2.13. The van der Waals surface area contributed by atoms with Gasteiger partial charge in [-0.3, -0.25) is 0 Å². The number of nitrogens with zero attached hydrogens (tertiary/aromatic N) is 1. The van der Waals surface area contributed by atoms with E-state index in [9.17, 15) is 0 Å². The third kappa shape index (κ3) is 1.87. The van der Waals surface area contributed by atoms with E-state index in [1.54, 1.807) is 7.11 Å². The number of methoxy groups -OCH3 is 1. The second-order valence-electron chi connectivity index (χ2n) is 3.51. The molecule has 0 spiro atoms. The smallest absolute Gasteiger partial charge is 0.133 e. The first-order chi connectivity index (χ1) is 6.81. The average Bonchev–Trinajstić information content (AvgIpc) is 2.70. The van der Waals surface area contributed by atoms with Crippen LogP contribution < -0.4 is 9.64 Å². The highest BCUT2D eigenvalue weighted by atomic mass is 79.9. The molecule has 1 heterocycles. The van der Waals surface area contributed by atoms with Crippen LogP contribution in [0.1, 0.15) is 12.8 Å². The summed E-state index contributed by atoms with van der Waals surface area (Å²) in [4.78, 5) is 2.41. The minimum absolute atomic E-state index is 0.896. The molecule has 1 aromatic carbocycles. The minimum atomic E-state index is 0.896. The molecule has 1 aliphatic heterocycles. The number of rotatable bonds is 2. The van der Waals surface area contributed by atoms with E-state index in [2.05, 4.69) is 33.0 Å². The second-order valence-corrected chi connectivity index (χ2v) is 4.37. The summed E-state index contributed by atoms with van der Waals surface area (Å²) in [6.07, 6.45) is 2.62. The topological polar surface area (TPSA) is 12.5 Å². The van der Waals surface area contributed by atoms with Crippen molar-refractivity contribution in [1.29, 1.82) is 0 Å². The molecule has 2 rings (SSSR count). The zero-order valence-corrected chi connectivity index (χ0v) is 9.88. The number of hydrogen-bond donors (Lipinski definition) is 0. The van der Waals surface area contributed by atoms with Crippen molar-refractivity contribution in [1.82, 2.24) is 0 Å². The van der Waals surface area contributed by atoms with Crippen molar-refractivity contribution in [2.45, 2.75) is 12.8 Å². The van der Waals surface area contributed by atoms with E-state index in [0.717, 1.165) is 10.2 Å². The Labute approximate surface area is 93.0 Å². The van der Waals surface area contributed by atoms with Crippen molar-refractivity contribution in [3.05, 3.63) is 22.7 Å². The Morgan fingerprint density at radius 3 is 2.57 bits per heavy atom. The molecule has 3 heteroatoms. The summed E-state index contributed by atoms with van der Waals surface area (Å²) in [6.45, 7) is 2.36. The number of anilines is 1. The van der Waals surface area contributed by atoms with Gasteiger partial charge in [0.1, 0.15) is 5.75 Å². The highest BCUT2D eigenvalue weighted by molar-refractivity contribution is 9.10. The molecule has 14 heavy (non-hydrogen) atoms. The molecule has 1 saturated heterocycles. The lowest BCUT2D eigenvalue weighted by atomic mass is 10.3. The van der Waals surface area contributed by atoms with Gasteiger partial charge in [0.25, 0.3) is 0 Å². The van der Waals surface area contributed by atoms with Crippen LogP contribution in [0.5, 0.6) is 5.75 Å². The standard InChI is InChI=1S/C11H14BrNO/c1-14-11-5-4-9(8-10(11)12)13-6-2-3-7-13/h4-5,8H,2-3,6-7H2,1H3. The lowest BCUT2D eigenvalue weighted by molar-refractivity contribution is 0.412. The molecule has 0 bridgehead atoms. The van der Waals surface area contributed by atoms with Crippen LogP contribution in [0.2, 0.25) is 0 Å². The predicted molar refractivity (Wildman–Crippen MR) is 62.1 cm³/mol. The molecule has 0 unspecified atom stereocenters. The fraction of sp³-hybridized carbons (Fsp3) is 0.455. The van der Waals surface area contributed by atoms with Crippen LogP contribution in [-0.4, -0.2) is 20.2 Å². The van der Waals surface area contributed by atoms with Gasteiger partial charge in [0.15, 0.2) is 0 Å². The molecule has 76 valence electrons. The van der Waals surface area contributed by atoms with Crippen LogP contribution in [-0.2, 0) is 0 Å². The van der Waals surface area contributed by atoms with Gasteiger partial charge in [0, 0.05) is 18.8 Å². The van der Waals surface area contributed by atoms with Crippen molar-refractivity contribution in [3.8, 4) is 5.75 Å². The second kappa shape index (κ2) is 4.22. The molecule has 0 N–H and O–H groups in total. The number of benzene rings is 1. The summed E-state index contributed by atoms with van der Waals surface area (Å²) in [6, 6.07) is 6.26. The van der Waals surface area contributed by atoms with Crippen molar-refractivity contribution in [3.63, 3.8) is 0 Å². The molecule has 1 fully saturated rings. The Kier molecular flexibility index (Phi) is 2.96. The van der Waals surface area contributed by atoms with Gasteiger partial charge in [-0.25, -0.2) is 0 Å². The Balaban J connectivity index is 2.23. The lowest BCUT2D eigenvalue weighted by Gasteiger charge is -2.18. The first kappa shape index (κ1) is 9.84. The molecule has 0 atom stereocenters. The summed E-state index contributed by atoms with van der Waals surface area (Å²) >= 11 is 3.50. The zero-order valence-electron chi connectivity index (χ0n) is 8.29. The van der Waals surface area contributed by atoms with Gasteiger partial charge < -0.3 is 9.64 Å². The maximum absolute atomic E-state index is 5.20. The number of hydrogen-bond acceptors (Lipinski definition) is 2. The molecule has 0 aliphatic carbocycles. The van der Waals surface area contributed by atoms with Gasteiger partial charge in [-0.1, -0.05) is 0 Å². The molecule has 1 aliphatic rings. The van der Waals surface area contributed by atoms with E-state index < -0.39 is 0 Å². The van der Waals surface area contributed by atoms with Crippen molar-refractivity contribution >= 4 is 21.6 Å². The van der Waals surface area contributed by atoms with E-state index in [-0.39, 0.29) is 0 Å². The first-order valence-corrected chi connectivity index (χ1v) is 5.69. The maximum Gasteiger partial charge on any atom is 0.133 e. The van der Waals surface area contributed by atoms with Gasteiger partial charge >= 0.3 is 0 Å². The van der Waals surface area contributed by atoms with Crippen molar-refractivity contribution < 1.29 is 4.74 Å². The Morgan fingerprint density at radius 1 is 1.29 bits per heavy atom. The highest BCUT2D eigenvalue weighted by Crippen LogP contribution is 2.30. The Morgan fingerprint density at radius 2 is 2.00 bits per heavy atom.